The molecule has 0 aliphatic carbocycles. The topological polar surface area (TPSA) is 144 Å². The van der Waals surface area contributed by atoms with E-state index in [2.05, 4.69) is 81.3 Å². The summed E-state index contributed by atoms with van der Waals surface area (Å²) in [6.45, 7) is 9.35. The normalized spacial score (nSPS) is 18.2. The van der Waals surface area contributed by atoms with Crippen molar-refractivity contribution in [3.05, 3.63) is 86.2 Å². The van der Waals surface area contributed by atoms with Gasteiger partial charge in [0.1, 0.15) is 11.3 Å². The molecule has 0 saturated carbocycles. The third-order valence-corrected chi connectivity index (χ3v) is 7.53. The molecule has 3 unspecified atom stereocenters. The van der Waals surface area contributed by atoms with Crippen LogP contribution in [-0.4, -0.2) is 66.8 Å². The van der Waals surface area contributed by atoms with Crippen LogP contribution >= 0.6 is 47.8 Å². The average Bonchev–Trinajstić information content (AvgIpc) is 3.73. The summed E-state index contributed by atoms with van der Waals surface area (Å²) in [5.74, 6) is -0.176. The Bertz CT molecular complexity index is 1360. The molecule has 2 heterocycles. The molecule has 0 bridgehead atoms. The van der Waals surface area contributed by atoms with E-state index in [9.17, 15) is 14.4 Å². The zero-order valence-corrected chi connectivity index (χ0v) is 30.4. The van der Waals surface area contributed by atoms with Gasteiger partial charge in [-0.15, -0.1) is 0 Å². The van der Waals surface area contributed by atoms with Gasteiger partial charge in [-0.1, -0.05) is 47.8 Å². The molecule has 10 nitrogen and oxygen atoms in total. The lowest BCUT2D eigenvalue weighted by Gasteiger charge is -2.21. The Balaban J connectivity index is 0.000000225. The van der Waals surface area contributed by atoms with Crippen molar-refractivity contribution in [1.82, 2.24) is 10.6 Å². The van der Waals surface area contributed by atoms with Crippen molar-refractivity contribution in [2.75, 3.05) is 42.2 Å². The van der Waals surface area contributed by atoms with Gasteiger partial charge in [0.2, 0.25) is 0 Å². The Morgan fingerprint density at radius 3 is 1.62 bits per heavy atom. The lowest BCUT2D eigenvalue weighted by Crippen LogP contribution is -2.49. The second-order valence-electron chi connectivity index (χ2n) is 10.5. The van der Waals surface area contributed by atoms with E-state index in [0.717, 1.165) is 37.1 Å². The number of epoxide rings is 1. The Labute approximate surface area is 289 Å². The fraction of sp³-hybridized carbons (Fsp3) is 0.344. The lowest BCUT2D eigenvalue weighted by atomic mass is 10.0. The van der Waals surface area contributed by atoms with Crippen LogP contribution in [0.4, 0.5) is 21.9 Å². The number of hydrogen-bond acceptors (Lipinski definition) is 8. The van der Waals surface area contributed by atoms with Gasteiger partial charge >= 0.3 is 6.03 Å². The molecular formula is C32H40Br3N5O5. The number of carbonyl (C=O) groups excluding carboxylic acids is 3. The van der Waals surface area contributed by atoms with Crippen molar-refractivity contribution in [2.24, 2.45) is 0 Å². The highest BCUT2D eigenvalue weighted by Crippen LogP contribution is 2.17. The number of Topliss-reactive ketones (excluding diaryl/α,β-unsaturated/α-hetero) is 1. The maximum Gasteiger partial charge on any atom is 0.322 e. The van der Waals surface area contributed by atoms with Gasteiger partial charge in [0.05, 0.1) is 25.4 Å². The quantitative estimate of drug-likeness (QED) is 0.105. The monoisotopic (exact) mass is 811 g/mol. The second-order valence-corrected chi connectivity index (χ2v) is 13.3. The summed E-state index contributed by atoms with van der Waals surface area (Å²) in [6, 6.07) is 22.7. The minimum Gasteiger partial charge on any atom is -0.392 e. The first-order valence-electron chi connectivity index (χ1n) is 14.2. The van der Waals surface area contributed by atoms with Crippen molar-refractivity contribution in [3.63, 3.8) is 0 Å². The van der Waals surface area contributed by atoms with Crippen molar-refractivity contribution in [1.29, 1.82) is 0 Å². The number of aliphatic hydroxyl groups is 1. The van der Waals surface area contributed by atoms with Gasteiger partial charge in [0.25, 0.3) is 5.91 Å². The first-order valence-corrected chi connectivity index (χ1v) is 16.5. The van der Waals surface area contributed by atoms with E-state index in [1.54, 1.807) is 20.8 Å². The Hall–Kier alpha value is -2.97. The number of benzene rings is 3. The number of carbonyl (C=O) groups is 3. The van der Waals surface area contributed by atoms with Crippen LogP contribution in [0, 0.1) is 0 Å². The highest BCUT2D eigenvalue weighted by atomic mass is 79.9. The molecule has 0 radical (unpaired) electrons. The van der Waals surface area contributed by atoms with Gasteiger partial charge in [0, 0.05) is 43.6 Å². The van der Waals surface area contributed by atoms with Crippen LogP contribution in [0.5, 0.6) is 0 Å². The Morgan fingerprint density at radius 1 is 0.889 bits per heavy atom. The molecule has 3 aromatic rings. The maximum absolute atomic E-state index is 11.5. The smallest absolute Gasteiger partial charge is 0.322 e. The molecule has 5 rings (SSSR count). The molecule has 0 aromatic heterocycles. The standard InChI is InChI=1S/C11H12BrN3O2.C9H12BrNO.C9H10BrNO.C3H6O/c1-11(9(16)14-10(17)15-11)6-13-8-4-2-7(12)3-5-8;2*1-7(12)6-11-9-4-2-8(10)3-5-9;1-3-2-4-3/h2-5,13H,6H2,1H3,(H2,14,15,16,17);2-5,7,11-12H,6H2,1H3;2-5,11H,6H2,1H3;3H,2H2,1H3. The minimum atomic E-state index is -0.899. The van der Waals surface area contributed by atoms with Crippen LogP contribution in [0.1, 0.15) is 27.7 Å². The maximum atomic E-state index is 11.5. The van der Waals surface area contributed by atoms with E-state index in [1.807, 2.05) is 72.8 Å². The number of rotatable bonds is 9. The molecular weight excluding hydrogens is 774 g/mol. The number of amides is 3. The Morgan fingerprint density at radius 2 is 1.29 bits per heavy atom. The largest absolute Gasteiger partial charge is 0.392 e. The molecule has 244 valence electrons. The van der Waals surface area contributed by atoms with E-state index >= 15 is 0 Å². The molecule has 2 aliphatic rings. The number of nitrogens with one attached hydrogen (secondary N) is 5. The fourth-order valence-corrected chi connectivity index (χ4v) is 4.07. The highest BCUT2D eigenvalue weighted by Gasteiger charge is 2.41. The molecule has 2 saturated heterocycles. The number of urea groups is 1. The van der Waals surface area contributed by atoms with Crippen LogP contribution < -0.4 is 26.6 Å². The van der Waals surface area contributed by atoms with Crippen molar-refractivity contribution < 1.29 is 24.2 Å². The molecule has 3 aromatic carbocycles. The first-order chi connectivity index (χ1) is 21.3. The van der Waals surface area contributed by atoms with Crippen LogP contribution in [0.2, 0.25) is 0 Å². The summed E-state index contributed by atoms with van der Waals surface area (Å²) in [5.41, 5.74) is 1.99. The van der Waals surface area contributed by atoms with Crippen molar-refractivity contribution >= 4 is 82.6 Å². The average molecular weight is 814 g/mol. The Kier molecular flexibility index (Phi) is 16.6. The van der Waals surface area contributed by atoms with Gasteiger partial charge in [-0.2, -0.15) is 0 Å². The number of imide groups is 1. The van der Waals surface area contributed by atoms with E-state index in [4.69, 9.17) is 9.84 Å². The summed E-state index contributed by atoms with van der Waals surface area (Å²) in [4.78, 5) is 33.2. The van der Waals surface area contributed by atoms with E-state index in [1.165, 1.54) is 0 Å². The molecule has 2 aliphatic heterocycles. The zero-order chi connectivity index (χ0) is 33.4. The predicted molar refractivity (Wildman–Crippen MR) is 191 cm³/mol. The third-order valence-electron chi connectivity index (χ3n) is 5.94. The van der Waals surface area contributed by atoms with Gasteiger partial charge in [0.15, 0.2) is 0 Å². The SMILES string of the molecule is CC(=O)CNc1ccc(Br)cc1.CC(O)CNc1ccc(Br)cc1.CC1(CNc2ccc(Br)cc2)NC(=O)NC1=O.CC1CO1. The molecule has 6 N–H and O–H groups in total. The molecule has 13 heteroatoms. The van der Waals surface area contributed by atoms with Gasteiger partial charge in [-0.05, 0) is 100 Å². The van der Waals surface area contributed by atoms with Gasteiger partial charge in [-0.25, -0.2) is 4.79 Å². The fourth-order valence-electron chi connectivity index (χ4n) is 3.27. The van der Waals surface area contributed by atoms with Crippen LogP contribution in [0.3, 0.4) is 0 Å². The minimum absolute atomic E-state index is 0.137. The number of anilines is 3. The van der Waals surface area contributed by atoms with Crippen molar-refractivity contribution in [2.45, 2.75) is 45.4 Å². The highest BCUT2D eigenvalue weighted by molar-refractivity contribution is 9.11. The number of halogens is 3. The summed E-state index contributed by atoms with van der Waals surface area (Å²) >= 11 is 10.0. The van der Waals surface area contributed by atoms with E-state index in [-0.39, 0.29) is 17.8 Å². The molecule has 3 atom stereocenters. The summed E-state index contributed by atoms with van der Waals surface area (Å²) in [6.07, 6.45) is 0.272. The number of ether oxygens (including phenoxy) is 1. The third kappa shape index (κ3) is 16.8. The summed E-state index contributed by atoms with van der Waals surface area (Å²) in [7, 11) is 0. The summed E-state index contributed by atoms with van der Waals surface area (Å²) < 4.78 is 7.79. The zero-order valence-electron chi connectivity index (χ0n) is 25.6. The van der Waals surface area contributed by atoms with Crippen LogP contribution in [0.25, 0.3) is 0 Å². The lowest BCUT2D eigenvalue weighted by molar-refractivity contribution is -0.123. The number of hydrogen-bond donors (Lipinski definition) is 6. The molecule has 0 spiro atoms. The van der Waals surface area contributed by atoms with Crippen LogP contribution in [-0.2, 0) is 14.3 Å². The number of aliphatic hydroxyl groups excluding tert-OH is 1. The van der Waals surface area contributed by atoms with Gasteiger partial charge in [-0.3, -0.25) is 14.9 Å². The van der Waals surface area contributed by atoms with E-state index < -0.39 is 11.6 Å². The second kappa shape index (κ2) is 19.5. The first kappa shape index (κ1) is 38.2. The number of ketones is 1. The van der Waals surface area contributed by atoms with Gasteiger partial charge < -0.3 is 31.1 Å². The van der Waals surface area contributed by atoms with Crippen LogP contribution in [0.15, 0.2) is 86.2 Å². The molecule has 45 heavy (non-hydrogen) atoms. The van der Waals surface area contributed by atoms with Crippen molar-refractivity contribution in [3.8, 4) is 0 Å². The summed E-state index contributed by atoms with van der Waals surface area (Å²) in [5, 5.41) is 23.0. The molecule has 3 amide bonds. The predicted octanol–water partition coefficient (Wildman–Crippen LogP) is 6.56. The van der Waals surface area contributed by atoms with E-state index in [0.29, 0.717) is 25.7 Å². The molecule has 2 fully saturated rings.